The van der Waals surface area contributed by atoms with Crippen molar-refractivity contribution in [3.05, 3.63) is 81.3 Å². The molecule has 0 radical (unpaired) electrons. The predicted octanol–water partition coefficient (Wildman–Crippen LogP) is 7.94. The standard InChI is InChI=1S/C35H42Cl2N2O4/c1-25-27(24-43-32-16-15-26(22-30(32)36)23-38-17-4-3-5-18-38)10-6-11-28(25)29-12-7-14-33(34(29)37)42-21-9-20-39-19-8-13-31(39)35(40)41-2/h6-7,10-12,14-16,22,31H,3-5,8-9,13,17-21,23-24H2,1-2H3. The van der Waals surface area contributed by atoms with Crippen LogP contribution < -0.4 is 9.47 Å². The minimum absolute atomic E-state index is 0.143. The minimum Gasteiger partial charge on any atom is -0.492 e. The molecule has 3 aromatic rings. The van der Waals surface area contributed by atoms with Crippen LogP contribution in [-0.2, 0) is 22.7 Å². The molecule has 0 aromatic heterocycles. The zero-order valence-electron chi connectivity index (χ0n) is 25.2. The lowest BCUT2D eigenvalue weighted by Gasteiger charge is -2.26. The number of methoxy groups -OCH3 is 1. The zero-order valence-corrected chi connectivity index (χ0v) is 26.8. The van der Waals surface area contributed by atoms with E-state index in [1.54, 1.807) is 0 Å². The van der Waals surface area contributed by atoms with Crippen LogP contribution in [0, 0.1) is 6.92 Å². The number of hydrogen-bond donors (Lipinski definition) is 0. The molecule has 5 rings (SSSR count). The first-order valence-corrected chi connectivity index (χ1v) is 16.2. The first-order valence-electron chi connectivity index (χ1n) is 15.4. The van der Waals surface area contributed by atoms with Crippen LogP contribution in [0.15, 0.2) is 54.6 Å². The lowest BCUT2D eigenvalue weighted by atomic mass is 9.96. The van der Waals surface area contributed by atoms with E-state index >= 15 is 0 Å². The number of esters is 1. The highest BCUT2D eigenvalue weighted by atomic mass is 35.5. The van der Waals surface area contributed by atoms with Gasteiger partial charge in [0.05, 0.1) is 23.8 Å². The molecule has 43 heavy (non-hydrogen) atoms. The van der Waals surface area contributed by atoms with Crippen LogP contribution in [0.3, 0.4) is 0 Å². The smallest absolute Gasteiger partial charge is 0.323 e. The van der Waals surface area contributed by atoms with E-state index < -0.39 is 0 Å². The molecule has 3 aromatic carbocycles. The number of halogens is 2. The molecular formula is C35H42Cl2N2O4. The van der Waals surface area contributed by atoms with E-state index in [1.165, 1.54) is 31.9 Å². The summed E-state index contributed by atoms with van der Waals surface area (Å²) in [5, 5.41) is 1.23. The largest absolute Gasteiger partial charge is 0.492 e. The lowest BCUT2D eigenvalue weighted by molar-refractivity contribution is -0.145. The highest BCUT2D eigenvalue weighted by Crippen LogP contribution is 2.38. The lowest BCUT2D eigenvalue weighted by Crippen LogP contribution is -2.37. The summed E-state index contributed by atoms with van der Waals surface area (Å²) in [6, 6.07) is 18.1. The molecule has 230 valence electrons. The molecular weight excluding hydrogens is 583 g/mol. The highest BCUT2D eigenvalue weighted by molar-refractivity contribution is 6.34. The van der Waals surface area contributed by atoms with Gasteiger partial charge in [0.2, 0.25) is 0 Å². The monoisotopic (exact) mass is 624 g/mol. The summed E-state index contributed by atoms with van der Waals surface area (Å²) in [6.07, 6.45) is 6.53. The van der Waals surface area contributed by atoms with Gasteiger partial charge in [-0.05, 0) is 99.1 Å². The number of rotatable bonds is 12. The average Bonchev–Trinajstić information content (AvgIpc) is 3.49. The Balaban J connectivity index is 1.19. The normalized spacial score (nSPS) is 17.6. The van der Waals surface area contributed by atoms with Crippen molar-refractivity contribution in [2.75, 3.05) is 39.9 Å². The number of ether oxygens (including phenoxy) is 3. The highest BCUT2D eigenvalue weighted by Gasteiger charge is 2.30. The predicted molar refractivity (Wildman–Crippen MR) is 173 cm³/mol. The molecule has 0 aliphatic carbocycles. The topological polar surface area (TPSA) is 51.2 Å². The Morgan fingerprint density at radius 1 is 0.907 bits per heavy atom. The van der Waals surface area contributed by atoms with Crippen LogP contribution in [0.1, 0.15) is 55.2 Å². The first kappa shape index (κ1) is 31.6. The molecule has 0 amide bonds. The Bertz CT molecular complexity index is 1390. The maximum absolute atomic E-state index is 12.0. The number of likely N-dealkylation sites (tertiary alicyclic amines) is 2. The quantitative estimate of drug-likeness (QED) is 0.151. The summed E-state index contributed by atoms with van der Waals surface area (Å²) in [5.41, 5.74) is 5.35. The third kappa shape index (κ3) is 8.04. The van der Waals surface area contributed by atoms with Gasteiger partial charge in [-0.1, -0.05) is 66.0 Å². The number of carbonyl (C=O) groups excluding carboxylic acids is 1. The van der Waals surface area contributed by atoms with Gasteiger partial charge >= 0.3 is 5.97 Å². The van der Waals surface area contributed by atoms with Crippen molar-refractivity contribution in [1.29, 1.82) is 0 Å². The van der Waals surface area contributed by atoms with Gasteiger partial charge in [-0.15, -0.1) is 0 Å². The van der Waals surface area contributed by atoms with Gasteiger partial charge < -0.3 is 14.2 Å². The van der Waals surface area contributed by atoms with Gasteiger partial charge in [0, 0.05) is 18.7 Å². The van der Waals surface area contributed by atoms with E-state index in [1.807, 2.05) is 36.4 Å². The van der Waals surface area contributed by atoms with Crippen LogP contribution in [0.25, 0.3) is 11.1 Å². The summed E-state index contributed by atoms with van der Waals surface area (Å²) in [7, 11) is 1.45. The molecule has 2 aliphatic heterocycles. The number of nitrogens with zero attached hydrogens (tertiary/aromatic N) is 2. The zero-order chi connectivity index (χ0) is 30.2. The fourth-order valence-corrected chi connectivity index (χ4v) is 6.74. The Hall–Kier alpha value is -2.77. The summed E-state index contributed by atoms with van der Waals surface area (Å²) in [5.74, 6) is 1.19. The third-order valence-corrected chi connectivity index (χ3v) is 9.30. The van der Waals surface area contributed by atoms with E-state index in [9.17, 15) is 4.79 Å². The number of hydrogen-bond acceptors (Lipinski definition) is 6. The van der Waals surface area contributed by atoms with Gasteiger partial charge in [0.25, 0.3) is 0 Å². The van der Waals surface area contributed by atoms with Crippen molar-refractivity contribution in [3.63, 3.8) is 0 Å². The van der Waals surface area contributed by atoms with Gasteiger partial charge in [0.15, 0.2) is 0 Å². The molecule has 8 heteroatoms. The molecule has 0 saturated carbocycles. The van der Waals surface area contributed by atoms with Gasteiger partial charge in [-0.3, -0.25) is 14.6 Å². The van der Waals surface area contributed by atoms with Crippen molar-refractivity contribution in [2.45, 2.75) is 64.6 Å². The second-order valence-electron chi connectivity index (χ2n) is 11.5. The second-order valence-corrected chi connectivity index (χ2v) is 12.3. The summed E-state index contributed by atoms with van der Waals surface area (Å²) >= 11 is 13.5. The maximum Gasteiger partial charge on any atom is 0.323 e. The number of piperidine rings is 1. The van der Waals surface area contributed by atoms with Crippen molar-refractivity contribution < 1.29 is 19.0 Å². The van der Waals surface area contributed by atoms with E-state index in [4.69, 9.17) is 37.4 Å². The number of carbonyl (C=O) groups is 1. The molecule has 0 spiro atoms. The molecule has 2 heterocycles. The van der Waals surface area contributed by atoms with Crippen molar-refractivity contribution in [2.24, 2.45) is 0 Å². The molecule has 0 bridgehead atoms. The van der Waals surface area contributed by atoms with Crippen LogP contribution in [0.4, 0.5) is 0 Å². The number of benzene rings is 3. The molecule has 0 N–H and O–H groups in total. The molecule has 6 nitrogen and oxygen atoms in total. The van der Waals surface area contributed by atoms with E-state index in [0.717, 1.165) is 74.2 Å². The molecule has 1 unspecified atom stereocenters. The van der Waals surface area contributed by atoms with Gasteiger partial charge in [0.1, 0.15) is 24.1 Å². The van der Waals surface area contributed by atoms with Crippen molar-refractivity contribution in [3.8, 4) is 22.6 Å². The van der Waals surface area contributed by atoms with Crippen LogP contribution in [-0.4, -0.2) is 61.7 Å². The summed E-state index contributed by atoms with van der Waals surface area (Å²) < 4.78 is 17.3. The summed E-state index contributed by atoms with van der Waals surface area (Å²) in [4.78, 5) is 16.7. The molecule has 2 fully saturated rings. The van der Waals surface area contributed by atoms with E-state index in [2.05, 4.69) is 34.9 Å². The Morgan fingerprint density at radius 3 is 2.49 bits per heavy atom. The first-order chi connectivity index (χ1) is 20.9. The molecule has 2 aliphatic rings. The average molecular weight is 626 g/mol. The SMILES string of the molecule is COC(=O)C1CCCN1CCCOc1cccc(-c2cccc(COc3ccc(CN4CCCCC4)cc3Cl)c2C)c1Cl. The van der Waals surface area contributed by atoms with Gasteiger partial charge in [-0.25, -0.2) is 0 Å². The van der Waals surface area contributed by atoms with Crippen LogP contribution >= 0.6 is 23.2 Å². The van der Waals surface area contributed by atoms with E-state index in [0.29, 0.717) is 34.8 Å². The van der Waals surface area contributed by atoms with E-state index in [-0.39, 0.29) is 12.0 Å². The second kappa shape index (κ2) is 15.3. The van der Waals surface area contributed by atoms with Crippen molar-refractivity contribution >= 4 is 29.2 Å². The van der Waals surface area contributed by atoms with Gasteiger partial charge in [-0.2, -0.15) is 0 Å². The van der Waals surface area contributed by atoms with Crippen LogP contribution in [0.2, 0.25) is 10.0 Å². The Kier molecular flexibility index (Phi) is 11.3. The third-order valence-electron chi connectivity index (χ3n) is 8.62. The molecule has 1 atom stereocenters. The maximum atomic E-state index is 12.0. The summed E-state index contributed by atoms with van der Waals surface area (Å²) in [6.45, 7) is 7.94. The van der Waals surface area contributed by atoms with Crippen molar-refractivity contribution in [1.82, 2.24) is 9.80 Å². The fourth-order valence-electron chi connectivity index (χ4n) is 6.20. The fraction of sp³-hybridized carbons (Fsp3) is 0.457. The van der Waals surface area contributed by atoms with Crippen LogP contribution in [0.5, 0.6) is 11.5 Å². The Labute approximate surface area is 265 Å². The molecule has 2 saturated heterocycles. The minimum atomic E-state index is -0.151. The Morgan fingerprint density at radius 2 is 1.70 bits per heavy atom.